The molecule has 0 bridgehead atoms. The molecule has 0 N–H and O–H groups in total. The largest absolute Gasteiger partial charge is 0.332 e. The summed E-state index contributed by atoms with van der Waals surface area (Å²) >= 11 is 5.53. The first kappa shape index (κ1) is 11.3. The second-order valence-corrected chi connectivity index (χ2v) is 3.70. The third-order valence-electron chi connectivity index (χ3n) is 2.21. The van der Waals surface area contributed by atoms with Crippen molar-refractivity contribution in [3.8, 4) is 0 Å². The van der Waals surface area contributed by atoms with Gasteiger partial charge < -0.3 is 9.80 Å². The number of alkyl halides is 1. The van der Waals surface area contributed by atoms with Crippen molar-refractivity contribution in [2.75, 3.05) is 32.1 Å². The van der Waals surface area contributed by atoms with Crippen LogP contribution >= 0.6 is 11.6 Å². The Hall–Kier alpha value is -0.770. The van der Waals surface area contributed by atoms with Crippen LogP contribution in [0.4, 0.5) is 0 Å². The van der Waals surface area contributed by atoms with Crippen LogP contribution in [0.1, 0.15) is 13.3 Å². The molecule has 1 fully saturated rings. The summed E-state index contributed by atoms with van der Waals surface area (Å²) in [6, 6.07) is 0. The van der Waals surface area contributed by atoms with Crippen molar-refractivity contribution in [2.45, 2.75) is 13.3 Å². The molecule has 0 aromatic rings. The Labute approximate surface area is 88.8 Å². The fourth-order valence-corrected chi connectivity index (χ4v) is 1.69. The minimum atomic E-state index is -0.00120. The molecular formula is C9H15ClN2O2. The number of piperazine rings is 1. The van der Waals surface area contributed by atoms with Crippen LogP contribution in [0.25, 0.3) is 0 Å². The minimum absolute atomic E-state index is 0.00120. The predicted molar refractivity (Wildman–Crippen MR) is 54.2 cm³/mol. The second-order valence-electron chi connectivity index (χ2n) is 3.32. The average Bonchev–Trinajstić information content (AvgIpc) is 2.14. The molecule has 1 aliphatic heterocycles. The van der Waals surface area contributed by atoms with Crippen LogP contribution < -0.4 is 0 Å². The number of nitrogens with zero attached hydrogens (tertiary/aromatic N) is 2. The Morgan fingerprint density at radius 3 is 2.07 bits per heavy atom. The van der Waals surface area contributed by atoms with Gasteiger partial charge in [0, 0.05) is 19.0 Å². The molecule has 80 valence electrons. The zero-order valence-corrected chi connectivity index (χ0v) is 9.09. The van der Waals surface area contributed by atoms with Crippen LogP contribution in [0.3, 0.4) is 0 Å². The minimum Gasteiger partial charge on any atom is -0.332 e. The maximum atomic E-state index is 11.5. The van der Waals surface area contributed by atoms with Gasteiger partial charge in [0.25, 0.3) is 0 Å². The number of rotatable bonds is 4. The van der Waals surface area contributed by atoms with E-state index >= 15 is 0 Å². The van der Waals surface area contributed by atoms with Gasteiger partial charge in [-0.05, 0) is 6.42 Å². The average molecular weight is 219 g/mol. The van der Waals surface area contributed by atoms with Crippen LogP contribution in [0, 0.1) is 0 Å². The van der Waals surface area contributed by atoms with Crippen LogP contribution in [0.15, 0.2) is 0 Å². The zero-order chi connectivity index (χ0) is 10.6. The first-order valence-electron chi connectivity index (χ1n) is 4.80. The molecule has 0 spiro atoms. The van der Waals surface area contributed by atoms with Crippen molar-refractivity contribution < 1.29 is 9.59 Å². The normalized spacial score (nSPS) is 17.9. The van der Waals surface area contributed by atoms with Gasteiger partial charge in [0.2, 0.25) is 11.8 Å². The monoisotopic (exact) mass is 218 g/mol. The molecule has 5 heteroatoms. The van der Waals surface area contributed by atoms with E-state index in [1.807, 2.05) is 6.92 Å². The summed E-state index contributed by atoms with van der Waals surface area (Å²) < 4.78 is 0. The van der Waals surface area contributed by atoms with Crippen LogP contribution in [0.5, 0.6) is 0 Å². The molecule has 0 radical (unpaired) electrons. The number of carbonyl (C=O) groups is 2. The molecule has 0 atom stereocenters. The van der Waals surface area contributed by atoms with Gasteiger partial charge in [0.05, 0.1) is 13.1 Å². The third kappa shape index (κ3) is 2.61. The van der Waals surface area contributed by atoms with Crippen LogP contribution in [-0.2, 0) is 9.59 Å². The highest BCUT2D eigenvalue weighted by Crippen LogP contribution is 2.05. The molecule has 0 saturated carbocycles. The summed E-state index contributed by atoms with van der Waals surface area (Å²) in [7, 11) is 0. The summed E-state index contributed by atoms with van der Waals surface area (Å²) in [6.07, 6.45) is 0.883. The second kappa shape index (κ2) is 5.20. The lowest BCUT2D eigenvalue weighted by molar-refractivity contribution is -0.149. The molecule has 1 rings (SSSR count). The molecule has 0 aromatic carbocycles. The van der Waals surface area contributed by atoms with Crippen molar-refractivity contribution in [3.05, 3.63) is 0 Å². The summed E-state index contributed by atoms with van der Waals surface area (Å²) in [5.74, 6) is 0.405. The molecule has 1 aliphatic rings. The number of hydrogen-bond donors (Lipinski definition) is 0. The highest BCUT2D eigenvalue weighted by atomic mass is 35.5. The fraction of sp³-hybridized carbons (Fsp3) is 0.778. The van der Waals surface area contributed by atoms with E-state index in [4.69, 9.17) is 11.6 Å². The topological polar surface area (TPSA) is 40.6 Å². The quantitative estimate of drug-likeness (QED) is 0.638. The number of halogens is 1. The van der Waals surface area contributed by atoms with Crippen molar-refractivity contribution in [1.82, 2.24) is 9.80 Å². The van der Waals surface area contributed by atoms with Gasteiger partial charge >= 0.3 is 0 Å². The van der Waals surface area contributed by atoms with Gasteiger partial charge in [-0.3, -0.25) is 9.59 Å². The Balaban J connectivity index is 2.53. The Morgan fingerprint density at radius 1 is 1.14 bits per heavy atom. The van der Waals surface area contributed by atoms with Crippen LogP contribution in [0.2, 0.25) is 0 Å². The Kier molecular flexibility index (Phi) is 4.20. The van der Waals surface area contributed by atoms with Gasteiger partial charge in [-0.25, -0.2) is 0 Å². The molecule has 1 saturated heterocycles. The Morgan fingerprint density at radius 2 is 1.64 bits per heavy atom. The molecule has 0 aromatic heterocycles. The molecular weight excluding hydrogens is 204 g/mol. The van der Waals surface area contributed by atoms with Gasteiger partial charge in [0.15, 0.2) is 0 Å². The van der Waals surface area contributed by atoms with Gasteiger partial charge in [-0.15, -0.1) is 11.6 Å². The lowest BCUT2D eigenvalue weighted by Gasteiger charge is -2.33. The standard InChI is InChI=1S/C9H15ClN2O2/c1-2-4-11-6-9(14)12(5-3-10)7-8(11)13/h2-7H2,1H3. The predicted octanol–water partition coefficient (Wildman–Crippen LogP) is 0.306. The van der Waals surface area contributed by atoms with E-state index in [1.54, 1.807) is 4.90 Å². The third-order valence-corrected chi connectivity index (χ3v) is 2.37. The molecule has 0 unspecified atom stereocenters. The molecule has 2 amide bonds. The molecule has 0 aliphatic carbocycles. The molecule has 14 heavy (non-hydrogen) atoms. The molecule has 4 nitrogen and oxygen atoms in total. The van der Waals surface area contributed by atoms with Crippen LogP contribution in [-0.4, -0.2) is 53.7 Å². The number of hydrogen-bond acceptors (Lipinski definition) is 2. The highest BCUT2D eigenvalue weighted by Gasteiger charge is 2.28. The maximum absolute atomic E-state index is 11.5. The van der Waals surface area contributed by atoms with E-state index in [9.17, 15) is 9.59 Å². The summed E-state index contributed by atoms with van der Waals surface area (Å²) in [5, 5.41) is 0. The van der Waals surface area contributed by atoms with E-state index < -0.39 is 0 Å². The number of carbonyl (C=O) groups excluding carboxylic acids is 2. The number of amides is 2. The highest BCUT2D eigenvalue weighted by molar-refractivity contribution is 6.18. The van der Waals surface area contributed by atoms with E-state index in [0.717, 1.165) is 6.42 Å². The Bertz CT molecular complexity index is 209. The van der Waals surface area contributed by atoms with Gasteiger partial charge in [-0.2, -0.15) is 0 Å². The first-order valence-corrected chi connectivity index (χ1v) is 5.34. The van der Waals surface area contributed by atoms with Crippen molar-refractivity contribution >= 4 is 23.4 Å². The first-order chi connectivity index (χ1) is 6.69. The lowest BCUT2D eigenvalue weighted by Crippen LogP contribution is -2.54. The SMILES string of the molecule is CCCN1CC(=O)N(CCCl)CC1=O. The maximum Gasteiger partial charge on any atom is 0.242 e. The van der Waals surface area contributed by atoms with E-state index in [1.165, 1.54) is 4.90 Å². The van der Waals surface area contributed by atoms with Crippen molar-refractivity contribution in [2.24, 2.45) is 0 Å². The molecule has 1 heterocycles. The van der Waals surface area contributed by atoms with Gasteiger partial charge in [-0.1, -0.05) is 6.92 Å². The van der Waals surface area contributed by atoms with E-state index in [2.05, 4.69) is 0 Å². The van der Waals surface area contributed by atoms with Gasteiger partial charge in [0.1, 0.15) is 0 Å². The van der Waals surface area contributed by atoms with Crippen molar-refractivity contribution in [3.63, 3.8) is 0 Å². The fourth-order valence-electron chi connectivity index (χ4n) is 1.48. The van der Waals surface area contributed by atoms with E-state index in [-0.39, 0.29) is 24.9 Å². The summed E-state index contributed by atoms with van der Waals surface area (Å²) in [6.45, 7) is 3.52. The lowest BCUT2D eigenvalue weighted by atomic mass is 10.3. The summed E-state index contributed by atoms with van der Waals surface area (Å²) in [5.41, 5.74) is 0. The van der Waals surface area contributed by atoms with Crippen molar-refractivity contribution in [1.29, 1.82) is 0 Å². The van der Waals surface area contributed by atoms with E-state index in [0.29, 0.717) is 19.0 Å². The summed E-state index contributed by atoms with van der Waals surface area (Å²) in [4.78, 5) is 26.1. The zero-order valence-electron chi connectivity index (χ0n) is 8.33. The smallest absolute Gasteiger partial charge is 0.242 e.